The minimum Gasteiger partial charge on any atom is -0.506 e. The Morgan fingerprint density at radius 2 is 1.83 bits per heavy atom. The molecule has 0 radical (unpaired) electrons. The van der Waals surface area contributed by atoms with Gasteiger partial charge in [0.05, 0.1) is 5.69 Å². The van der Waals surface area contributed by atoms with Crippen molar-refractivity contribution in [2.75, 3.05) is 5.32 Å². The summed E-state index contributed by atoms with van der Waals surface area (Å²) in [6.45, 7) is 10.0. The van der Waals surface area contributed by atoms with Crippen LogP contribution in [0.1, 0.15) is 49.4 Å². The monoisotopic (exact) mass is 393 g/mol. The third kappa shape index (κ3) is 4.50. The van der Waals surface area contributed by atoms with Gasteiger partial charge in [-0.2, -0.15) is 0 Å². The van der Waals surface area contributed by atoms with Gasteiger partial charge in [-0.25, -0.2) is 4.79 Å². The van der Waals surface area contributed by atoms with Gasteiger partial charge in [0.25, 0.3) is 0 Å². The first-order valence-corrected chi connectivity index (χ1v) is 9.72. The smallest absolute Gasteiger partial charge is 0.339 e. The standard InChI is InChI=1S/C24H27NO4/c1-14-6-8-17-15(2)18(23(28)29-21(17)12-14)9-11-22(27)25-19-13-16(24(3,4)5)7-10-20(19)26/h6-8,10,12-13,26H,9,11H2,1-5H3,(H,25,27). The van der Waals surface area contributed by atoms with Crippen molar-refractivity contribution in [3.05, 3.63) is 69.1 Å². The van der Waals surface area contributed by atoms with Crippen LogP contribution in [0.4, 0.5) is 5.69 Å². The van der Waals surface area contributed by atoms with Crippen LogP contribution in [0.2, 0.25) is 0 Å². The largest absolute Gasteiger partial charge is 0.506 e. The summed E-state index contributed by atoms with van der Waals surface area (Å²) >= 11 is 0. The van der Waals surface area contributed by atoms with Crippen molar-refractivity contribution in [2.45, 2.75) is 52.9 Å². The maximum Gasteiger partial charge on any atom is 0.339 e. The van der Waals surface area contributed by atoms with Gasteiger partial charge in [-0.1, -0.05) is 39.0 Å². The van der Waals surface area contributed by atoms with E-state index in [9.17, 15) is 14.7 Å². The molecule has 0 atom stereocenters. The summed E-state index contributed by atoms with van der Waals surface area (Å²) in [6.07, 6.45) is 0.381. The molecule has 2 N–H and O–H groups in total. The fourth-order valence-corrected chi connectivity index (χ4v) is 3.34. The normalized spacial score (nSPS) is 11.6. The van der Waals surface area contributed by atoms with E-state index < -0.39 is 5.63 Å². The molecule has 1 heterocycles. The zero-order valence-corrected chi connectivity index (χ0v) is 17.6. The first-order valence-electron chi connectivity index (χ1n) is 9.72. The van der Waals surface area contributed by atoms with Crippen molar-refractivity contribution in [1.29, 1.82) is 0 Å². The van der Waals surface area contributed by atoms with Gasteiger partial charge in [0.1, 0.15) is 11.3 Å². The molecule has 0 fully saturated rings. The number of amides is 1. The fraction of sp³-hybridized carbons (Fsp3) is 0.333. The van der Waals surface area contributed by atoms with E-state index in [4.69, 9.17) is 4.42 Å². The Morgan fingerprint density at radius 1 is 1.10 bits per heavy atom. The molecule has 3 aromatic rings. The van der Waals surface area contributed by atoms with Gasteiger partial charge in [-0.15, -0.1) is 0 Å². The van der Waals surface area contributed by atoms with E-state index in [1.807, 2.05) is 38.1 Å². The lowest BCUT2D eigenvalue weighted by Gasteiger charge is -2.20. The van der Waals surface area contributed by atoms with Crippen molar-refractivity contribution in [1.82, 2.24) is 0 Å². The lowest BCUT2D eigenvalue weighted by molar-refractivity contribution is -0.116. The highest BCUT2D eigenvalue weighted by Crippen LogP contribution is 2.31. The molecule has 1 amide bonds. The van der Waals surface area contributed by atoms with Gasteiger partial charge in [-0.05, 0) is 60.6 Å². The van der Waals surface area contributed by atoms with E-state index >= 15 is 0 Å². The van der Waals surface area contributed by atoms with Crippen LogP contribution in [-0.4, -0.2) is 11.0 Å². The number of phenols is 1. The summed E-state index contributed by atoms with van der Waals surface area (Å²) in [5.74, 6) is -0.253. The summed E-state index contributed by atoms with van der Waals surface area (Å²) in [4.78, 5) is 24.9. The molecule has 2 aromatic carbocycles. The van der Waals surface area contributed by atoms with Gasteiger partial charge in [0, 0.05) is 17.4 Å². The molecule has 0 saturated carbocycles. The van der Waals surface area contributed by atoms with Crippen LogP contribution in [0.15, 0.2) is 45.6 Å². The van der Waals surface area contributed by atoms with Gasteiger partial charge >= 0.3 is 5.63 Å². The van der Waals surface area contributed by atoms with Crippen LogP contribution in [0, 0.1) is 13.8 Å². The van der Waals surface area contributed by atoms with Crippen molar-refractivity contribution < 1.29 is 14.3 Å². The second-order valence-corrected chi connectivity index (χ2v) is 8.52. The average molecular weight is 393 g/mol. The Morgan fingerprint density at radius 3 is 2.52 bits per heavy atom. The highest BCUT2D eigenvalue weighted by atomic mass is 16.4. The number of benzene rings is 2. The Hall–Kier alpha value is -3.08. The summed E-state index contributed by atoms with van der Waals surface area (Å²) in [6, 6.07) is 11.0. The lowest BCUT2D eigenvalue weighted by atomic mass is 9.87. The molecule has 0 bridgehead atoms. The molecule has 0 saturated heterocycles. The quantitative estimate of drug-likeness (QED) is 0.484. The highest BCUT2D eigenvalue weighted by Gasteiger charge is 2.17. The number of hydrogen-bond donors (Lipinski definition) is 2. The zero-order chi connectivity index (χ0) is 21.3. The molecular weight excluding hydrogens is 366 g/mol. The third-order valence-electron chi connectivity index (χ3n) is 5.18. The summed E-state index contributed by atoms with van der Waals surface area (Å²) in [5, 5.41) is 13.7. The van der Waals surface area contributed by atoms with Crippen molar-refractivity contribution in [2.24, 2.45) is 0 Å². The van der Waals surface area contributed by atoms with Crippen molar-refractivity contribution in [3.63, 3.8) is 0 Å². The molecule has 0 aliphatic heterocycles. The van der Waals surface area contributed by atoms with E-state index in [0.717, 1.165) is 22.1 Å². The minimum atomic E-state index is -0.411. The third-order valence-corrected chi connectivity index (χ3v) is 5.18. The van der Waals surface area contributed by atoms with Crippen LogP contribution in [0.3, 0.4) is 0 Å². The average Bonchev–Trinajstić information content (AvgIpc) is 2.62. The number of phenolic OH excluding ortho intramolecular Hbond substituents is 1. The maximum absolute atomic E-state index is 12.5. The second-order valence-electron chi connectivity index (χ2n) is 8.52. The van der Waals surface area contributed by atoms with E-state index in [0.29, 0.717) is 16.8 Å². The van der Waals surface area contributed by atoms with Crippen molar-refractivity contribution >= 4 is 22.6 Å². The second kappa shape index (κ2) is 7.74. The SMILES string of the molecule is Cc1ccc2c(C)c(CCC(=O)Nc3cc(C(C)(C)C)ccc3O)c(=O)oc2c1. The number of rotatable bonds is 4. The van der Waals surface area contributed by atoms with Gasteiger partial charge in [0.2, 0.25) is 5.91 Å². The number of aryl methyl sites for hydroxylation is 2. The first-order chi connectivity index (χ1) is 13.6. The number of hydrogen-bond acceptors (Lipinski definition) is 4. The van der Waals surface area contributed by atoms with E-state index in [1.165, 1.54) is 0 Å². The number of anilines is 1. The predicted octanol–water partition coefficient (Wildman–Crippen LogP) is 4.98. The Labute approximate surface area is 170 Å². The summed E-state index contributed by atoms with van der Waals surface area (Å²) < 4.78 is 5.45. The fourth-order valence-electron chi connectivity index (χ4n) is 3.34. The van der Waals surface area contributed by atoms with Gasteiger partial charge in [-0.3, -0.25) is 4.79 Å². The molecule has 0 unspecified atom stereocenters. The van der Waals surface area contributed by atoms with Crippen LogP contribution < -0.4 is 10.9 Å². The van der Waals surface area contributed by atoms with Crippen LogP contribution in [-0.2, 0) is 16.6 Å². The van der Waals surface area contributed by atoms with Crippen LogP contribution in [0.25, 0.3) is 11.0 Å². The molecule has 152 valence electrons. The predicted molar refractivity (Wildman–Crippen MR) is 116 cm³/mol. The number of carbonyl (C=O) groups excluding carboxylic acids is 1. The summed E-state index contributed by atoms with van der Waals surface area (Å²) in [5.41, 5.74) is 3.78. The van der Waals surface area contributed by atoms with E-state index in [1.54, 1.807) is 12.1 Å². The summed E-state index contributed by atoms with van der Waals surface area (Å²) in [7, 11) is 0. The van der Waals surface area contributed by atoms with Crippen LogP contribution >= 0.6 is 0 Å². The Kier molecular flexibility index (Phi) is 5.51. The molecule has 5 heteroatoms. The number of fused-ring (bicyclic) bond motifs is 1. The highest BCUT2D eigenvalue weighted by molar-refractivity contribution is 5.92. The van der Waals surface area contributed by atoms with E-state index in [2.05, 4.69) is 26.1 Å². The topological polar surface area (TPSA) is 79.5 Å². The molecule has 29 heavy (non-hydrogen) atoms. The molecule has 0 aliphatic carbocycles. The number of aromatic hydroxyl groups is 1. The minimum absolute atomic E-state index is 0.0168. The molecular formula is C24H27NO4. The van der Waals surface area contributed by atoms with Gasteiger partial charge < -0.3 is 14.8 Å². The molecule has 1 aromatic heterocycles. The lowest BCUT2D eigenvalue weighted by Crippen LogP contribution is -2.17. The molecule has 3 rings (SSSR count). The first kappa shape index (κ1) is 20.6. The molecule has 0 spiro atoms. The Bertz CT molecular complexity index is 1140. The van der Waals surface area contributed by atoms with Gasteiger partial charge in [0.15, 0.2) is 0 Å². The maximum atomic E-state index is 12.5. The van der Waals surface area contributed by atoms with Crippen LogP contribution in [0.5, 0.6) is 5.75 Å². The zero-order valence-electron chi connectivity index (χ0n) is 17.6. The Balaban J connectivity index is 1.78. The number of nitrogens with one attached hydrogen (secondary N) is 1. The molecule has 0 aliphatic rings. The molecule has 5 nitrogen and oxygen atoms in total. The van der Waals surface area contributed by atoms with Crippen molar-refractivity contribution in [3.8, 4) is 5.75 Å². The number of carbonyl (C=O) groups is 1. The van der Waals surface area contributed by atoms with E-state index in [-0.39, 0.29) is 29.9 Å².